The number of carbonyl (C=O) groups is 2. The normalized spacial score (nSPS) is 16.5. The summed E-state index contributed by atoms with van der Waals surface area (Å²) in [4.78, 5) is 27.4. The topological polar surface area (TPSA) is 61.4 Å². The lowest BCUT2D eigenvalue weighted by atomic mass is 10.0. The maximum absolute atomic E-state index is 13.1. The Morgan fingerprint density at radius 1 is 0.824 bits per heavy atom. The van der Waals surface area contributed by atoms with Crippen LogP contribution in [0.4, 0.5) is 37.7 Å². The summed E-state index contributed by atoms with van der Waals surface area (Å²) in [6.45, 7) is 1.50. The second-order valence-electron chi connectivity index (χ2n) is 8.42. The van der Waals surface area contributed by atoms with Gasteiger partial charge in [0.1, 0.15) is 0 Å². The summed E-state index contributed by atoms with van der Waals surface area (Å²) in [5.74, 6) is -1.50. The Morgan fingerprint density at radius 2 is 1.41 bits per heavy atom. The van der Waals surface area contributed by atoms with Crippen LogP contribution in [-0.2, 0) is 12.4 Å². The summed E-state index contributed by atoms with van der Waals surface area (Å²) in [6, 6.07) is 5.24. The van der Waals surface area contributed by atoms with Crippen molar-refractivity contribution in [3.8, 4) is 0 Å². The first-order valence-corrected chi connectivity index (χ1v) is 10.7. The SMILES string of the molecule is O=C(Nc1ccc(N2CCCC2)c(C(=O)NC2CC2)c1)c1cc(C(F)(F)F)cc(C(F)(F)F)c1. The number of alkyl halides is 6. The standard InChI is InChI=1S/C23H21F6N3O2/c24-22(25,26)14-9-13(10-15(11-14)23(27,28)29)20(33)31-17-5-6-19(32-7-1-2-8-32)18(12-17)21(34)30-16-3-4-16/h5-6,9-12,16H,1-4,7-8H2,(H,30,34)(H,31,33). The van der Waals surface area contributed by atoms with Gasteiger partial charge < -0.3 is 15.5 Å². The van der Waals surface area contributed by atoms with E-state index in [4.69, 9.17) is 0 Å². The van der Waals surface area contributed by atoms with Gasteiger partial charge in [0.25, 0.3) is 11.8 Å². The molecule has 0 aromatic heterocycles. The average molecular weight is 485 g/mol. The van der Waals surface area contributed by atoms with Crippen LogP contribution in [0.3, 0.4) is 0 Å². The highest BCUT2D eigenvalue weighted by Crippen LogP contribution is 2.36. The predicted molar refractivity (Wildman–Crippen MR) is 113 cm³/mol. The number of nitrogens with zero attached hydrogens (tertiary/aromatic N) is 1. The summed E-state index contributed by atoms with van der Waals surface area (Å²) in [6.07, 6.45) is -6.50. The molecule has 2 amide bonds. The van der Waals surface area contributed by atoms with Gasteiger partial charge in [-0.15, -0.1) is 0 Å². The number of rotatable bonds is 5. The Balaban J connectivity index is 1.64. The molecule has 0 radical (unpaired) electrons. The number of hydrogen-bond donors (Lipinski definition) is 2. The van der Waals surface area contributed by atoms with Gasteiger partial charge in [0.05, 0.1) is 16.7 Å². The summed E-state index contributed by atoms with van der Waals surface area (Å²) < 4.78 is 78.7. The molecule has 2 aromatic carbocycles. The minimum absolute atomic E-state index is 0.0397. The van der Waals surface area contributed by atoms with Crippen LogP contribution in [0.1, 0.15) is 57.5 Å². The summed E-state index contributed by atoms with van der Waals surface area (Å²) in [5.41, 5.74) is -2.93. The Kier molecular flexibility index (Phi) is 6.22. The molecular formula is C23H21F6N3O2. The van der Waals surface area contributed by atoms with Crippen molar-refractivity contribution in [1.29, 1.82) is 0 Å². The molecule has 4 rings (SSSR count). The van der Waals surface area contributed by atoms with E-state index in [9.17, 15) is 35.9 Å². The van der Waals surface area contributed by atoms with E-state index in [0.717, 1.165) is 38.8 Å². The number of halogens is 6. The third kappa shape index (κ3) is 5.45. The molecule has 1 saturated carbocycles. The van der Waals surface area contributed by atoms with E-state index in [-0.39, 0.29) is 29.3 Å². The van der Waals surface area contributed by atoms with Crippen LogP contribution in [0.15, 0.2) is 36.4 Å². The first-order valence-electron chi connectivity index (χ1n) is 10.7. The minimum Gasteiger partial charge on any atom is -0.371 e. The van der Waals surface area contributed by atoms with Crippen LogP contribution in [0.25, 0.3) is 0 Å². The molecule has 2 aromatic rings. The number of carbonyl (C=O) groups excluding carboxylic acids is 2. The molecule has 0 spiro atoms. The van der Waals surface area contributed by atoms with E-state index in [2.05, 4.69) is 10.6 Å². The van der Waals surface area contributed by atoms with Crippen LogP contribution in [0, 0.1) is 0 Å². The second-order valence-corrected chi connectivity index (χ2v) is 8.42. The van der Waals surface area contributed by atoms with Gasteiger partial charge in [0, 0.05) is 36.1 Å². The van der Waals surface area contributed by atoms with Gasteiger partial charge in [-0.2, -0.15) is 26.3 Å². The molecule has 34 heavy (non-hydrogen) atoms. The van der Waals surface area contributed by atoms with Gasteiger partial charge in [-0.3, -0.25) is 9.59 Å². The quantitative estimate of drug-likeness (QED) is 0.553. The molecule has 1 heterocycles. The Hall–Kier alpha value is -3.24. The first-order chi connectivity index (χ1) is 15.9. The Labute approximate surface area is 191 Å². The highest BCUT2D eigenvalue weighted by Gasteiger charge is 2.37. The van der Waals surface area contributed by atoms with Gasteiger partial charge >= 0.3 is 12.4 Å². The van der Waals surface area contributed by atoms with Crippen molar-refractivity contribution in [3.63, 3.8) is 0 Å². The predicted octanol–water partition coefficient (Wildman–Crippen LogP) is 5.47. The van der Waals surface area contributed by atoms with E-state index in [1.807, 2.05) is 4.90 Å². The lowest BCUT2D eigenvalue weighted by Gasteiger charge is -2.22. The largest absolute Gasteiger partial charge is 0.416 e. The van der Waals surface area contributed by atoms with Gasteiger partial charge in [-0.25, -0.2) is 0 Å². The van der Waals surface area contributed by atoms with Crippen LogP contribution >= 0.6 is 0 Å². The molecule has 1 saturated heterocycles. The maximum atomic E-state index is 13.1. The molecule has 2 fully saturated rings. The third-order valence-corrected chi connectivity index (χ3v) is 5.71. The fourth-order valence-corrected chi connectivity index (χ4v) is 3.81. The molecule has 0 bridgehead atoms. The number of hydrogen-bond acceptors (Lipinski definition) is 3. The average Bonchev–Trinajstić information content (AvgIpc) is 3.40. The van der Waals surface area contributed by atoms with E-state index in [0.29, 0.717) is 17.8 Å². The number of amides is 2. The highest BCUT2D eigenvalue weighted by atomic mass is 19.4. The highest BCUT2D eigenvalue weighted by molar-refractivity contribution is 6.06. The van der Waals surface area contributed by atoms with E-state index >= 15 is 0 Å². The van der Waals surface area contributed by atoms with Gasteiger partial charge in [-0.05, 0) is 62.1 Å². The zero-order chi connectivity index (χ0) is 24.7. The number of nitrogens with one attached hydrogen (secondary N) is 2. The zero-order valence-electron chi connectivity index (χ0n) is 17.8. The molecule has 1 aliphatic heterocycles. The van der Waals surface area contributed by atoms with Crippen molar-refractivity contribution in [2.75, 3.05) is 23.3 Å². The summed E-state index contributed by atoms with van der Waals surface area (Å²) >= 11 is 0. The van der Waals surface area contributed by atoms with Crippen LogP contribution in [-0.4, -0.2) is 30.9 Å². The Morgan fingerprint density at radius 3 is 1.94 bits per heavy atom. The lowest BCUT2D eigenvalue weighted by Crippen LogP contribution is -2.29. The molecule has 2 aliphatic rings. The van der Waals surface area contributed by atoms with Gasteiger partial charge in [0.15, 0.2) is 0 Å². The molecule has 0 unspecified atom stereocenters. The zero-order valence-corrected chi connectivity index (χ0v) is 17.8. The monoisotopic (exact) mass is 485 g/mol. The lowest BCUT2D eigenvalue weighted by molar-refractivity contribution is -0.143. The third-order valence-electron chi connectivity index (χ3n) is 5.71. The van der Waals surface area contributed by atoms with E-state index in [1.165, 1.54) is 12.1 Å². The Bertz CT molecular complexity index is 1070. The minimum atomic E-state index is -5.07. The molecule has 2 N–H and O–H groups in total. The van der Waals surface area contributed by atoms with Crippen molar-refractivity contribution in [3.05, 3.63) is 58.7 Å². The smallest absolute Gasteiger partial charge is 0.371 e. The van der Waals surface area contributed by atoms with Crippen LogP contribution < -0.4 is 15.5 Å². The van der Waals surface area contributed by atoms with Crippen LogP contribution in [0.5, 0.6) is 0 Å². The van der Waals surface area contributed by atoms with Crippen LogP contribution in [0.2, 0.25) is 0 Å². The number of benzene rings is 2. The number of anilines is 2. The van der Waals surface area contributed by atoms with Crippen molar-refractivity contribution in [2.24, 2.45) is 0 Å². The van der Waals surface area contributed by atoms with Crippen molar-refractivity contribution < 1.29 is 35.9 Å². The fraction of sp³-hybridized carbons (Fsp3) is 0.391. The maximum Gasteiger partial charge on any atom is 0.416 e. The van der Waals surface area contributed by atoms with E-state index in [1.54, 1.807) is 6.07 Å². The van der Waals surface area contributed by atoms with Gasteiger partial charge in [-0.1, -0.05) is 0 Å². The molecule has 1 aliphatic carbocycles. The molecule has 11 heteroatoms. The van der Waals surface area contributed by atoms with Crippen molar-refractivity contribution in [1.82, 2.24) is 5.32 Å². The molecule has 182 valence electrons. The molecular weight excluding hydrogens is 464 g/mol. The second kappa shape index (κ2) is 8.84. The van der Waals surface area contributed by atoms with Crippen molar-refractivity contribution in [2.45, 2.75) is 44.1 Å². The molecule has 0 atom stereocenters. The van der Waals surface area contributed by atoms with E-state index < -0.39 is 35.0 Å². The fourth-order valence-electron chi connectivity index (χ4n) is 3.81. The van der Waals surface area contributed by atoms with Gasteiger partial charge in [0.2, 0.25) is 0 Å². The molecule has 5 nitrogen and oxygen atoms in total. The van der Waals surface area contributed by atoms with Crippen molar-refractivity contribution >= 4 is 23.2 Å². The summed E-state index contributed by atoms with van der Waals surface area (Å²) in [5, 5.41) is 5.19. The first kappa shape index (κ1) is 23.9. The summed E-state index contributed by atoms with van der Waals surface area (Å²) in [7, 11) is 0.